The van der Waals surface area contributed by atoms with Gasteiger partial charge in [0.05, 0.1) is 0 Å². The molecule has 0 aliphatic rings. The summed E-state index contributed by atoms with van der Waals surface area (Å²) < 4.78 is 5.45. The molecule has 0 saturated carbocycles. The molecule has 16 heavy (non-hydrogen) atoms. The highest BCUT2D eigenvalue weighted by atomic mass is 16.5. The van der Waals surface area contributed by atoms with Gasteiger partial charge >= 0.3 is 6.01 Å². The van der Waals surface area contributed by atoms with Crippen LogP contribution in [0.2, 0.25) is 0 Å². The molecule has 2 aromatic rings. The minimum absolute atomic E-state index is 0.309. The molecule has 0 unspecified atom stereocenters. The topological polar surface area (TPSA) is 61.0 Å². The number of nitrogens with two attached hydrogens (primary N) is 1. The van der Waals surface area contributed by atoms with Crippen molar-refractivity contribution in [3.8, 4) is 6.01 Å². The number of anilines is 1. The first-order valence-corrected chi connectivity index (χ1v) is 5.01. The summed E-state index contributed by atoms with van der Waals surface area (Å²) in [6.07, 6.45) is 1.58. The third kappa shape index (κ3) is 2.48. The van der Waals surface area contributed by atoms with Crippen molar-refractivity contribution in [3.05, 3.63) is 47.7 Å². The summed E-state index contributed by atoms with van der Waals surface area (Å²) in [4.78, 5) is 7.93. The standard InChI is InChI=1S/C12H13N3O/c1-9-4-2-3-5-10(9)8-16-12-14-7-6-11(13)15-12/h2-7H,8H2,1H3,(H2,13,14,15). The van der Waals surface area contributed by atoms with Gasteiger partial charge in [-0.1, -0.05) is 24.3 Å². The number of nitrogens with zero attached hydrogens (tertiary/aromatic N) is 2. The molecule has 0 bridgehead atoms. The number of ether oxygens (including phenoxy) is 1. The van der Waals surface area contributed by atoms with Crippen molar-refractivity contribution in [1.82, 2.24) is 9.97 Å². The molecule has 0 saturated heterocycles. The van der Waals surface area contributed by atoms with Gasteiger partial charge < -0.3 is 10.5 Å². The Morgan fingerprint density at radius 1 is 1.25 bits per heavy atom. The van der Waals surface area contributed by atoms with Crippen molar-refractivity contribution in [3.63, 3.8) is 0 Å². The highest BCUT2D eigenvalue weighted by Crippen LogP contribution is 2.11. The minimum atomic E-state index is 0.309. The van der Waals surface area contributed by atoms with Crippen LogP contribution in [0.15, 0.2) is 36.5 Å². The third-order valence-corrected chi connectivity index (χ3v) is 2.27. The lowest BCUT2D eigenvalue weighted by Gasteiger charge is -2.06. The quantitative estimate of drug-likeness (QED) is 0.850. The first kappa shape index (κ1) is 10.4. The van der Waals surface area contributed by atoms with E-state index in [1.54, 1.807) is 12.3 Å². The van der Waals surface area contributed by atoms with Gasteiger partial charge in [0.25, 0.3) is 0 Å². The Labute approximate surface area is 94.1 Å². The van der Waals surface area contributed by atoms with Crippen LogP contribution < -0.4 is 10.5 Å². The average molecular weight is 215 g/mol. The zero-order chi connectivity index (χ0) is 11.4. The van der Waals surface area contributed by atoms with E-state index in [1.807, 2.05) is 31.2 Å². The number of hydrogen-bond donors (Lipinski definition) is 1. The Morgan fingerprint density at radius 3 is 2.81 bits per heavy atom. The Balaban J connectivity index is 2.05. The molecular formula is C12H13N3O. The van der Waals surface area contributed by atoms with Crippen LogP contribution in [-0.4, -0.2) is 9.97 Å². The number of benzene rings is 1. The lowest BCUT2D eigenvalue weighted by molar-refractivity contribution is 0.280. The third-order valence-electron chi connectivity index (χ3n) is 2.27. The smallest absolute Gasteiger partial charge is 0.318 e. The van der Waals surface area contributed by atoms with Crippen LogP contribution in [0.25, 0.3) is 0 Å². The number of aryl methyl sites for hydroxylation is 1. The molecule has 0 aliphatic heterocycles. The van der Waals surface area contributed by atoms with Gasteiger partial charge in [-0.25, -0.2) is 4.98 Å². The second-order valence-electron chi connectivity index (χ2n) is 3.48. The number of hydrogen-bond acceptors (Lipinski definition) is 4. The fraction of sp³-hybridized carbons (Fsp3) is 0.167. The van der Waals surface area contributed by atoms with Gasteiger partial charge in [-0.05, 0) is 24.1 Å². The molecule has 0 amide bonds. The molecule has 0 aliphatic carbocycles. The van der Waals surface area contributed by atoms with E-state index in [0.717, 1.165) is 5.56 Å². The zero-order valence-corrected chi connectivity index (χ0v) is 9.05. The maximum absolute atomic E-state index is 5.53. The Hall–Kier alpha value is -2.10. The molecule has 0 atom stereocenters. The monoisotopic (exact) mass is 215 g/mol. The predicted octanol–water partition coefficient (Wildman–Crippen LogP) is 1.95. The normalized spacial score (nSPS) is 10.1. The molecule has 0 fully saturated rings. The molecular weight excluding hydrogens is 202 g/mol. The van der Waals surface area contributed by atoms with Gasteiger partial charge in [-0.15, -0.1) is 0 Å². The summed E-state index contributed by atoms with van der Waals surface area (Å²) in [7, 11) is 0. The van der Waals surface area contributed by atoms with E-state index < -0.39 is 0 Å². The van der Waals surface area contributed by atoms with E-state index >= 15 is 0 Å². The minimum Gasteiger partial charge on any atom is -0.459 e. The Kier molecular flexibility index (Phi) is 3.00. The molecule has 0 radical (unpaired) electrons. The van der Waals surface area contributed by atoms with Crippen molar-refractivity contribution >= 4 is 5.82 Å². The first-order chi connectivity index (χ1) is 7.75. The second-order valence-corrected chi connectivity index (χ2v) is 3.48. The highest BCUT2D eigenvalue weighted by Gasteiger charge is 2.00. The summed E-state index contributed by atoms with van der Waals surface area (Å²) >= 11 is 0. The fourth-order valence-electron chi connectivity index (χ4n) is 1.34. The van der Waals surface area contributed by atoms with Gasteiger partial charge in [0.15, 0.2) is 0 Å². The summed E-state index contributed by atoms with van der Waals surface area (Å²) in [6.45, 7) is 2.50. The molecule has 4 heteroatoms. The summed E-state index contributed by atoms with van der Waals surface area (Å²) in [5.74, 6) is 0.412. The van der Waals surface area contributed by atoms with E-state index in [2.05, 4.69) is 9.97 Å². The van der Waals surface area contributed by atoms with Gasteiger partial charge in [0.1, 0.15) is 12.4 Å². The zero-order valence-electron chi connectivity index (χ0n) is 9.05. The fourth-order valence-corrected chi connectivity index (χ4v) is 1.34. The summed E-state index contributed by atoms with van der Waals surface area (Å²) in [6, 6.07) is 9.96. The molecule has 0 spiro atoms. The average Bonchev–Trinajstić information content (AvgIpc) is 2.28. The molecule has 2 N–H and O–H groups in total. The number of rotatable bonds is 3. The van der Waals surface area contributed by atoms with Crippen molar-refractivity contribution < 1.29 is 4.74 Å². The summed E-state index contributed by atoms with van der Waals surface area (Å²) in [5, 5.41) is 0. The van der Waals surface area contributed by atoms with Crippen LogP contribution in [0, 0.1) is 6.92 Å². The lowest BCUT2D eigenvalue weighted by Crippen LogP contribution is -2.02. The van der Waals surface area contributed by atoms with Crippen LogP contribution >= 0.6 is 0 Å². The van der Waals surface area contributed by atoms with E-state index in [4.69, 9.17) is 10.5 Å². The van der Waals surface area contributed by atoms with Gasteiger partial charge in [0.2, 0.25) is 0 Å². The van der Waals surface area contributed by atoms with Crippen LogP contribution in [0.3, 0.4) is 0 Å². The van der Waals surface area contributed by atoms with E-state index in [-0.39, 0.29) is 0 Å². The SMILES string of the molecule is Cc1ccccc1COc1nccc(N)n1. The van der Waals surface area contributed by atoms with Crippen LogP contribution in [0.1, 0.15) is 11.1 Å². The van der Waals surface area contributed by atoms with Crippen molar-refractivity contribution in [2.24, 2.45) is 0 Å². The van der Waals surface area contributed by atoms with E-state index in [9.17, 15) is 0 Å². The van der Waals surface area contributed by atoms with Gasteiger partial charge in [-0.3, -0.25) is 0 Å². The van der Waals surface area contributed by atoms with E-state index in [1.165, 1.54) is 5.56 Å². The van der Waals surface area contributed by atoms with Gasteiger partial charge in [-0.2, -0.15) is 4.98 Å². The molecule has 82 valence electrons. The molecule has 2 rings (SSSR count). The Morgan fingerprint density at radius 2 is 2.06 bits per heavy atom. The highest BCUT2D eigenvalue weighted by molar-refractivity contribution is 5.27. The van der Waals surface area contributed by atoms with Gasteiger partial charge in [0, 0.05) is 6.20 Å². The van der Waals surface area contributed by atoms with Crippen LogP contribution in [-0.2, 0) is 6.61 Å². The summed E-state index contributed by atoms with van der Waals surface area (Å²) in [5.41, 5.74) is 7.83. The van der Waals surface area contributed by atoms with Crippen molar-refractivity contribution in [2.75, 3.05) is 5.73 Å². The molecule has 1 aromatic heterocycles. The van der Waals surface area contributed by atoms with Crippen molar-refractivity contribution in [1.29, 1.82) is 0 Å². The second kappa shape index (κ2) is 4.61. The lowest BCUT2D eigenvalue weighted by atomic mass is 10.1. The first-order valence-electron chi connectivity index (χ1n) is 5.01. The van der Waals surface area contributed by atoms with Crippen LogP contribution in [0.4, 0.5) is 5.82 Å². The number of nitrogen functional groups attached to an aromatic ring is 1. The molecule has 1 aromatic carbocycles. The maximum atomic E-state index is 5.53. The molecule has 1 heterocycles. The van der Waals surface area contributed by atoms with E-state index in [0.29, 0.717) is 18.4 Å². The molecule has 4 nitrogen and oxygen atoms in total. The van der Waals surface area contributed by atoms with Crippen LogP contribution in [0.5, 0.6) is 6.01 Å². The largest absolute Gasteiger partial charge is 0.459 e. The predicted molar refractivity (Wildman–Crippen MR) is 62.0 cm³/mol. The maximum Gasteiger partial charge on any atom is 0.318 e. The number of aromatic nitrogens is 2. The van der Waals surface area contributed by atoms with Crippen molar-refractivity contribution in [2.45, 2.75) is 13.5 Å². The Bertz CT molecular complexity index is 485.